The van der Waals surface area contributed by atoms with Gasteiger partial charge in [-0.1, -0.05) is 6.92 Å². The molecule has 0 aromatic rings. The first-order chi connectivity index (χ1) is 7.19. The topological polar surface area (TPSA) is 43.8 Å². The summed E-state index contributed by atoms with van der Waals surface area (Å²) in [5.74, 6) is 0.190. The fourth-order valence-corrected chi connectivity index (χ4v) is 2.00. The van der Waals surface area contributed by atoms with E-state index < -0.39 is 0 Å². The van der Waals surface area contributed by atoms with Crippen LogP contribution in [0.4, 0.5) is 0 Å². The van der Waals surface area contributed by atoms with Gasteiger partial charge in [0.1, 0.15) is 0 Å². The maximum Gasteiger partial charge on any atom is 0.222 e. The SMILES string of the molecule is CCC1CN(C(=O)CCCO)CCN1C. The molecular formula is C11H22N2O2. The zero-order valence-electron chi connectivity index (χ0n) is 9.78. The van der Waals surface area contributed by atoms with E-state index in [0.717, 1.165) is 26.1 Å². The van der Waals surface area contributed by atoms with Gasteiger partial charge in [0.25, 0.3) is 0 Å². The number of amides is 1. The molecule has 1 fully saturated rings. The Bertz CT molecular complexity index is 209. The number of likely N-dealkylation sites (N-methyl/N-ethyl adjacent to an activating group) is 1. The van der Waals surface area contributed by atoms with Gasteiger partial charge in [0, 0.05) is 38.7 Å². The number of aliphatic hydroxyl groups is 1. The average Bonchev–Trinajstić information content (AvgIpc) is 2.26. The van der Waals surface area contributed by atoms with Gasteiger partial charge in [-0.3, -0.25) is 9.69 Å². The summed E-state index contributed by atoms with van der Waals surface area (Å²) in [5, 5.41) is 8.67. The Hall–Kier alpha value is -0.610. The summed E-state index contributed by atoms with van der Waals surface area (Å²) in [6, 6.07) is 0.497. The number of nitrogens with zero attached hydrogens (tertiary/aromatic N) is 2. The Morgan fingerprint density at radius 2 is 2.20 bits per heavy atom. The van der Waals surface area contributed by atoms with Crippen molar-refractivity contribution in [2.75, 3.05) is 33.3 Å². The molecule has 1 heterocycles. The molecule has 4 heteroatoms. The molecule has 0 aliphatic carbocycles. The van der Waals surface area contributed by atoms with Gasteiger partial charge in [0.05, 0.1) is 0 Å². The lowest BCUT2D eigenvalue weighted by Crippen LogP contribution is -2.52. The first-order valence-corrected chi connectivity index (χ1v) is 5.78. The van der Waals surface area contributed by atoms with E-state index >= 15 is 0 Å². The van der Waals surface area contributed by atoms with Crippen LogP contribution >= 0.6 is 0 Å². The monoisotopic (exact) mass is 214 g/mol. The molecule has 88 valence electrons. The van der Waals surface area contributed by atoms with E-state index in [2.05, 4.69) is 18.9 Å². The van der Waals surface area contributed by atoms with Crippen molar-refractivity contribution in [1.29, 1.82) is 0 Å². The standard InChI is InChI=1S/C11H22N2O2/c1-3-10-9-13(7-6-12(10)2)11(15)5-4-8-14/h10,14H,3-9H2,1-2H3. The molecule has 15 heavy (non-hydrogen) atoms. The Morgan fingerprint density at radius 3 is 2.80 bits per heavy atom. The maximum atomic E-state index is 11.7. The molecule has 1 saturated heterocycles. The van der Waals surface area contributed by atoms with Crippen LogP contribution in [0, 0.1) is 0 Å². The van der Waals surface area contributed by atoms with Crippen LogP contribution in [-0.2, 0) is 4.79 Å². The van der Waals surface area contributed by atoms with Gasteiger partial charge in [0.2, 0.25) is 5.91 Å². The highest BCUT2D eigenvalue weighted by molar-refractivity contribution is 5.76. The molecule has 1 rings (SSSR count). The molecule has 0 aromatic heterocycles. The third-order valence-electron chi connectivity index (χ3n) is 3.15. The lowest BCUT2D eigenvalue weighted by atomic mass is 10.1. The largest absolute Gasteiger partial charge is 0.396 e. The molecule has 4 nitrogen and oxygen atoms in total. The summed E-state index contributed by atoms with van der Waals surface area (Å²) in [7, 11) is 2.11. The fraction of sp³-hybridized carbons (Fsp3) is 0.909. The van der Waals surface area contributed by atoms with E-state index in [1.165, 1.54) is 0 Å². The Kier molecular flexibility index (Phi) is 5.05. The molecule has 1 aliphatic rings. The second kappa shape index (κ2) is 6.08. The molecular weight excluding hydrogens is 192 g/mol. The van der Waals surface area contributed by atoms with Crippen LogP contribution in [-0.4, -0.2) is 60.1 Å². The zero-order valence-corrected chi connectivity index (χ0v) is 9.78. The summed E-state index contributed by atoms with van der Waals surface area (Å²) in [5.41, 5.74) is 0. The lowest BCUT2D eigenvalue weighted by Gasteiger charge is -2.39. The molecule has 0 aromatic carbocycles. The molecule has 1 N–H and O–H groups in total. The summed E-state index contributed by atoms with van der Waals surface area (Å²) < 4.78 is 0. The van der Waals surface area contributed by atoms with Crippen LogP contribution in [0.3, 0.4) is 0 Å². The van der Waals surface area contributed by atoms with Gasteiger partial charge >= 0.3 is 0 Å². The van der Waals surface area contributed by atoms with Crippen molar-refractivity contribution in [3.8, 4) is 0 Å². The number of carbonyl (C=O) groups is 1. The minimum Gasteiger partial charge on any atom is -0.396 e. The third kappa shape index (κ3) is 3.47. The van der Waals surface area contributed by atoms with Gasteiger partial charge in [-0.25, -0.2) is 0 Å². The van der Waals surface area contributed by atoms with Crippen molar-refractivity contribution in [2.45, 2.75) is 32.2 Å². The highest BCUT2D eigenvalue weighted by Gasteiger charge is 2.25. The highest BCUT2D eigenvalue weighted by atomic mass is 16.3. The second-order valence-corrected chi connectivity index (χ2v) is 4.21. The van der Waals surface area contributed by atoms with E-state index in [-0.39, 0.29) is 12.5 Å². The predicted octanol–water partition coefficient (Wildman–Crippen LogP) is 0.312. The zero-order chi connectivity index (χ0) is 11.3. The molecule has 0 bridgehead atoms. The van der Waals surface area contributed by atoms with Crippen LogP contribution in [0.25, 0.3) is 0 Å². The van der Waals surface area contributed by atoms with E-state index in [1.54, 1.807) is 0 Å². The van der Waals surface area contributed by atoms with Gasteiger partial charge in [0.15, 0.2) is 0 Å². The van der Waals surface area contributed by atoms with Crippen LogP contribution in [0.1, 0.15) is 26.2 Å². The van der Waals surface area contributed by atoms with Crippen molar-refractivity contribution >= 4 is 5.91 Å². The van der Waals surface area contributed by atoms with Crippen molar-refractivity contribution < 1.29 is 9.90 Å². The van der Waals surface area contributed by atoms with E-state index in [0.29, 0.717) is 18.9 Å². The number of hydrogen-bond acceptors (Lipinski definition) is 3. The van der Waals surface area contributed by atoms with Gasteiger partial charge < -0.3 is 10.0 Å². The Labute approximate surface area is 91.9 Å². The first-order valence-electron chi connectivity index (χ1n) is 5.78. The minimum atomic E-state index is 0.108. The number of rotatable bonds is 4. The highest BCUT2D eigenvalue weighted by Crippen LogP contribution is 2.11. The maximum absolute atomic E-state index is 11.7. The summed E-state index contributed by atoms with van der Waals surface area (Å²) in [6.45, 7) is 4.90. The Morgan fingerprint density at radius 1 is 1.47 bits per heavy atom. The van der Waals surface area contributed by atoms with E-state index in [1.807, 2.05) is 4.90 Å². The summed E-state index contributed by atoms with van der Waals surface area (Å²) in [6.07, 6.45) is 2.15. The minimum absolute atomic E-state index is 0.108. The van der Waals surface area contributed by atoms with Gasteiger partial charge in [-0.05, 0) is 19.9 Å². The van der Waals surface area contributed by atoms with Crippen molar-refractivity contribution in [3.05, 3.63) is 0 Å². The lowest BCUT2D eigenvalue weighted by molar-refractivity contribution is -0.134. The van der Waals surface area contributed by atoms with E-state index in [9.17, 15) is 4.79 Å². The van der Waals surface area contributed by atoms with Crippen molar-refractivity contribution in [3.63, 3.8) is 0 Å². The van der Waals surface area contributed by atoms with Crippen molar-refractivity contribution in [1.82, 2.24) is 9.80 Å². The predicted molar refractivity (Wildman–Crippen MR) is 59.6 cm³/mol. The van der Waals surface area contributed by atoms with Crippen LogP contribution in [0.2, 0.25) is 0 Å². The molecule has 1 unspecified atom stereocenters. The third-order valence-corrected chi connectivity index (χ3v) is 3.15. The van der Waals surface area contributed by atoms with Crippen LogP contribution in [0.5, 0.6) is 0 Å². The Balaban J connectivity index is 2.40. The molecule has 0 radical (unpaired) electrons. The molecule has 1 aliphatic heterocycles. The smallest absolute Gasteiger partial charge is 0.222 e. The van der Waals surface area contributed by atoms with E-state index in [4.69, 9.17) is 5.11 Å². The molecule has 0 saturated carbocycles. The number of aliphatic hydroxyl groups excluding tert-OH is 1. The number of piperazine rings is 1. The van der Waals surface area contributed by atoms with Gasteiger partial charge in [-0.15, -0.1) is 0 Å². The number of carbonyl (C=O) groups excluding carboxylic acids is 1. The fourth-order valence-electron chi connectivity index (χ4n) is 2.00. The second-order valence-electron chi connectivity index (χ2n) is 4.21. The van der Waals surface area contributed by atoms with Crippen molar-refractivity contribution in [2.24, 2.45) is 0 Å². The molecule has 0 spiro atoms. The first kappa shape index (κ1) is 12.5. The molecule has 1 atom stereocenters. The van der Waals surface area contributed by atoms with Crippen LogP contribution < -0.4 is 0 Å². The molecule has 1 amide bonds. The summed E-state index contributed by atoms with van der Waals surface area (Å²) in [4.78, 5) is 16.0. The summed E-state index contributed by atoms with van der Waals surface area (Å²) >= 11 is 0. The number of hydrogen-bond donors (Lipinski definition) is 1. The normalized spacial score (nSPS) is 23.1. The average molecular weight is 214 g/mol. The van der Waals surface area contributed by atoms with Crippen LogP contribution in [0.15, 0.2) is 0 Å². The quantitative estimate of drug-likeness (QED) is 0.732. The van der Waals surface area contributed by atoms with Gasteiger partial charge in [-0.2, -0.15) is 0 Å².